The zero-order valence-electron chi connectivity index (χ0n) is 16.9. The van der Waals surface area contributed by atoms with Crippen LogP contribution < -0.4 is 15.4 Å². The maximum absolute atomic E-state index is 13.0. The summed E-state index contributed by atoms with van der Waals surface area (Å²) in [5.41, 5.74) is 0.690. The van der Waals surface area contributed by atoms with E-state index in [1.165, 1.54) is 18.2 Å². The SMILES string of the molecule is CN=C(NCCOc1ccccc1C(F)(F)F)NCc1ccc(S(C)(=O)=O)c(C)c1. The molecule has 2 aromatic rings. The lowest BCUT2D eigenvalue weighted by Gasteiger charge is -2.15. The summed E-state index contributed by atoms with van der Waals surface area (Å²) in [6.45, 7) is 2.36. The van der Waals surface area contributed by atoms with Crippen LogP contribution in [0.1, 0.15) is 16.7 Å². The van der Waals surface area contributed by atoms with Gasteiger partial charge in [-0.2, -0.15) is 13.2 Å². The van der Waals surface area contributed by atoms with Gasteiger partial charge in [-0.05, 0) is 36.2 Å². The number of rotatable bonds is 7. The van der Waals surface area contributed by atoms with Gasteiger partial charge < -0.3 is 15.4 Å². The standard InChI is InChI=1S/C20H24F3N3O3S/c1-14-12-15(8-9-18(14)30(3,27)28)13-26-19(24-2)25-10-11-29-17-7-5-4-6-16(17)20(21,22)23/h4-9,12H,10-11,13H2,1-3H3,(H2,24,25,26). The number of halogens is 3. The average molecular weight is 443 g/mol. The minimum absolute atomic E-state index is 0.00988. The molecule has 30 heavy (non-hydrogen) atoms. The Morgan fingerprint density at radius 3 is 2.43 bits per heavy atom. The minimum Gasteiger partial charge on any atom is -0.491 e. The molecular weight excluding hydrogens is 419 g/mol. The highest BCUT2D eigenvalue weighted by molar-refractivity contribution is 7.90. The smallest absolute Gasteiger partial charge is 0.419 e. The van der Waals surface area contributed by atoms with Crippen molar-refractivity contribution in [2.24, 2.45) is 4.99 Å². The number of aliphatic imine (C=N–C) groups is 1. The van der Waals surface area contributed by atoms with Crippen LogP contribution in [0.4, 0.5) is 13.2 Å². The van der Waals surface area contributed by atoms with Crippen molar-refractivity contribution in [3.63, 3.8) is 0 Å². The molecule has 0 heterocycles. The van der Waals surface area contributed by atoms with Crippen molar-refractivity contribution in [1.29, 1.82) is 0 Å². The lowest BCUT2D eigenvalue weighted by atomic mass is 10.1. The summed E-state index contributed by atoms with van der Waals surface area (Å²) in [5.74, 6) is 0.212. The first-order valence-corrected chi connectivity index (χ1v) is 10.9. The van der Waals surface area contributed by atoms with Crippen LogP contribution in [0.15, 0.2) is 52.4 Å². The van der Waals surface area contributed by atoms with Gasteiger partial charge in [0.15, 0.2) is 15.8 Å². The van der Waals surface area contributed by atoms with Crippen molar-refractivity contribution in [3.8, 4) is 5.75 Å². The topological polar surface area (TPSA) is 79.8 Å². The molecule has 0 bridgehead atoms. The van der Waals surface area contributed by atoms with E-state index in [2.05, 4.69) is 15.6 Å². The van der Waals surface area contributed by atoms with E-state index < -0.39 is 21.6 Å². The predicted molar refractivity (Wildman–Crippen MR) is 109 cm³/mol. The van der Waals surface area contributed by atoms with Gasteiger partial charge >= 0.3 is 6.18 Å². The lowest BCUT2D eigenvalue weighted by Crippen LogP contribution is -2.39. The molecule has 0 spiro atoms. The second-order valence-corrected chi connectivity index (χ2v) is 8.55. The number of hydrogen-bond donors (Lipinski definition) is 2. The van der Waals surface area contributed by atoms with Crippen LogP contribution in [0.5, 0.6) is 5.75 Å². The first-order chi connectivity index (χ1) is 14.0. The number of guanidine groups is 1. The maximum Gasteiger partial charge on any atom is 0.419 e. The summed E-state index contributed by atoms with van der Waals surface area (Å²) in [6, 6.07) is 10.1. The third-order valence-corrected chi connectivity index (χ3v) is 5.42. The highest BCUT2D eigenvalue weighted by Crippen LogP contribution is 2.35. The Kier molecular flexibility index (Phi) is 7.71. The van der Waals surface area contributed by atoms with Crippen molar-refractivity contribution < 1.29 is 26.3 Å². The van der Waals surface area contributed by atoms with E-state index in [9.17, 15) is 21.6 Å². The Bertz CT molecular complexity index is 1010. The zero-order chi connectivity index (χ0) is 22.4. The van der Waals surface area contributed by atoms with Crippen LogP contribution in [-0.2, 0) is 22.6 Å². The van der Waals surface area contributed by atoms with Gasteiger partial charge in [0.05, 0.1) is 17.0 Å². The Hall–Kier alpha value is -2.75. The summed E-state index contributed by atoms with van der Waals surface area (Å²) < 4.78 is 67.5. The number of ether oxygens (including phenoxy) is 1. The summed E-state index contributed by atoms with van der Waals surface area (Å²) in [5, 5.41) is 6.01. The lowest BCUT2D eigenvalue weighted by molar-refractivity contribution is -0.138. The van der Waals surface area contributed by atoms with E-state index in [1.54, 1.807) is 32.2 Å². The molecule has 0 unspecified atom stereocenters. The molecule has 6 nitrogen and oxygen atoms in total. The average Bonchev–Trinajstić information content (AvgIpc) is 2.66. The van der Waals surface area contributed by atoms with Gasteiger partial charge in [-0.3, -0.25) is 4.99 Å². The second kappa shape index (κ2) is 9.84. The van der Waals surface area contributed by atoms with E-state index in [-0.39, 0.29) is 23.8 Å². The molecule has 0 radical (unpaired) electrons. The largest absolute Gasteiger partial charge is 0.491 e. The number of aryl methyl sites for hydroxylation is 1. The van der Waals surface area contributed by atoms with E-state index >= 15 is 0 Å². The quantitative estimate of drug-likeness (QED) is 0.390. The Balaban J connectivity index is 1.86. The molecule has 0 aliphatic rings. The Labute approximate surface area is 174 Å². The number of sulfone groups is 1. The van der Waals surface area contributed by atoms with Gasteiger partial charge in [0.1, 0.15) is 12.4 Å². The predicted octanol–water partition coefficient (Wildman–Crippen LogP) is 3.16. The van der Waals surface area contributed by atoms with Crippen LogP contribution in [0.3, 0.4) is 0 Å². The van der Waals surface area contributed by atoms with Gasteiger partial charge in [-0.1, -0.05) is 24.3 Å². The Morgan fingerprint density at radius 2 is 1.83 bits per heavy atom. The molecule has 0 aliphatic carbocycles. The fraction of sp³-hybridized carbons (Fsp3) is 0.350. The zero-order valence-corrected chi connectivity index (χ0v) is 17.7. The highest BCUT2D eigenvalue weighted by Gasteiger charge is 2.33. The van der Waals surface area contributed by atoms with E-state index in [4.69, 9.17) is 4.74 Å². The third-order valence-electron chi connectivity index (χ3n) is 4.17. The number of hydrogen-bond acceptors (Lipinski definition) is 4. The number of nitrogens with zero attached hydrogens (tertiary/aromatic N) is 1. The van der Waals surface area contributed by atoms with Gasteiger partial charge in [-0.15, -0.1) is 0 Å². The van der Waals surface area contributed by atoms with Crippen molar-refractivity contribution in [2.45, 2.75) is 24.5 Å². The van der Waals surface area contributed by atoms with Crippen LogP contribution in [0.25, 0.3) is 0 Å². The molecule has 0 saturated carbocycles. The van der Waals surface area contributed by atoms with Crippen molar-refractivity contribution >= 4 is 15.8 Å². The summed E-state index contributed by atoms with van der Waals surface area (Å²) in [4.78, 5) is 4.33. The van der Waals surface area contributed by atoms with Gasteiger partial charge in [-0.25, -0.2) is 8.42 Å². The number of alkyl halides is 3. The van der Waals surface area contributed by atoms with E-state index in [0.29, 0.717) is 18.1 Å². The fourth-order valence-corrected chi connectivity index (χ4v) is 3.76. The molecule has 0 saturated heterocycles. The molecule has 0 atom stereocenters. The van der Waals surface area contributed by atoms with Crippen LogP contribution in [0.2, 0.25) is 0 Å². The first kappa shape index (κ1) is 23.5. The number of benzene rings is 2. The van der Waals surface area contributed by atoms with Gasteiger partial charge in [0.25, 0.3) is 0 Å². The fourth-order valence-electron chi connectivity index (χ4n) is 2.80. The van der Waals surface area contributed by atoms with Crippen LogP contribution >= 0.6 is 0 Å². The first-order valence-electron chi connectivity index (χ1n) is 9.05. The van der Waals surface area contributed by atoms with Crippen molar-refractivity contribution in [1.82, 2.24) is 10.6 Å². The molecule has 10 heteroatoms. The molecule has 2 aromatic carbocycles. The third kappa shape index (κ3) is 6.65. The monoisotopic (exact) mass is 443 g/mol. The van der Waals surface area contributed by atoms with E-state index in [0.717, 1.165) is 17.9 Å². The second-order valence-electron chi connectivity index (χ2n) is 6.57. The Morgan fingerprint density at radius 1 is 1.13 bits per heavy atom. The molecule has 164 valence electrons. The minimum atomic E-state index is -4.48. The highest BCUT2D eigenvalue weighted by atomic mass is 32.2. The maximum atomic E-state index is 13.0. The normalized spacial score (nSPS) is 12.5. The molecule has 0 aliphatic heterocycles. The summed E-state index contributed by atoms with van der Waals surface area (Å²) in [7, 11) is -1.71. The number of nitrogens with one attached hydrogen (secondary N) is 2. The molecule has 2 N–H and O–H groups in total. The molecule has 2 rings (SSSR count). The van der Waals surface area contributed by atoms with Crippen LogP contribution in [-0.4, -0.2) is 40.8 Å². The van der Waals surface area contributed by atoms with E-state index in [1.807, 2.05) is 0 Å². The molecule has 0 aromatic heterocycles. The number of para-hydroxylation sites is 1. The van der Waals surface area contributed by atoms with Crippen molar-refractivity contribution in [2.75, 3.05) is 26.5 Å². The molecule has 0 amide bonds. The molecular formula is C20H24F3N3O3S. The molecule has 0 fully saturated rings. The summed E-state index contributed by atoms with van der Waals surface area (Å²) >= 11 is 0. The van der Waals surface area contributed by atoms with Gasteiger partial charge in [0, 0.05) is 19.8 Å². The van der Waals surface area contributed by atoms with Crippen molar-refractivity contribution in [3.05, 3.63) is 59.2 Å². The van der Waals surface area contributed by atoms with Crippen LogP contribution in [0, 0.1) is 6.92 Å². The summed E-state index contributed by atoms with van der Waals surface area (Å²) in [6.07, 6.45) is -3.32. The van der Waals surface area contributed by atoms with Gasteiger partial charge in [0.2, 0.25) is 0 Å².